The summed E-state index contributed by atoms with van der Waals surface area (Å²) in [6.07, 6.45) is 6.87. The minimum Gasteiger partial charge on any atom is -0.492 e. The van der Waals surface area contributed by atoms with Gasteiger partial charge < -0.3 is 20.1 Å². The van der Waals surface area contributed by atoms with Gasteiger partial charge in [0.2, 0.25) is 11.8 Å². The van der Waals surface area contributed by atoms with E-state index in [1.807, 2.05) is 62.4 Å². The number of nitrogens with one attached hydrogen (secondary N) is 2. The zero-order valence-corrected chi connectivity index (χ0v) is 19.3. The van der Waals surface area contributed by atoms with E-state index in [2.05, 4.69) is 10.6 Å². The molecule has 0 aliphatic rings. The molecule has 0 spiro atoms. The Morgan fingerprint density at radius 3 is 1.41 bits per heavy atom. The summed E-state index contributed by atoms with van der Waals surface area (Å²) in [6.45, 7) is 4.98. The average Bonchev–Trinajstić information content (AvgIpc) is 2.78. The van der Waals surface area contributed by atoms with Crippen LogP contribution >= 0.6 is 0 Å². The molecule has 2 aromatic carbocycles. The van der Waals surface area contributed by atoms with Crippen LogP contribution < -0.4 is 20.1 Å². The Bertz CT molecular complexity index is 769. The van der Waals surface area contributed by atoms with Crippen molar-refractivity contribution in [3.05, 3.63) is 48.5 Å². The van der Waals surface area contributed by atoms with Crippen molar-refractivity contribution in [1.29, 1.82) is 0 Å². The standard InChI is InChI=1S/C26H36N2O4/c1-3-31-23-17-13-11-15-21(23)27-25(29)19-9-7-5-6-8-10-20-26(30)28-22-16-12-14-18-24(22)32-4-2/h11-18H,3-10,19-20H2,1-2H3,(H,27,29)(H,28,30). The van der Waals surface area contributed by atoms with Crippen molar-refractivity contribution < 1.29 is 19.1 Å². The first kappa shape index (κ1) is 25.2. The van der Waals surface area contributed by atoms with Crippen LogP contribution in [0, 0.1) is 0 Å². The van der Waals surface area contributed by atoms with Gasteiger partial charge in [-0.25, -0.2) is 0 Å². The first-order valence-corrected chi connectivity index (χ1v) is 11.7. The Morgan fingerprint density at radius 2 is 1.00 bits per heavy atom. The molecule has 2 aromatic rings. The third kappa shape index (κ3) is 9.41. The highest BCUT2D eigenvalue weighted by Crippen LogP contribution is 2.25. The van der Waals surface area contributed by atoms with Gasteiger partial charge in [0, 0.05) is 12.8 Å². The van der Waals surface area contributed by atoms with Gasteiger partial charge in [0.1, 0.15) is 11.5 Å². The summed E-state index contributed by atoms with van der Waals surface area (Å²) in [6, 6.07) is 15.0. The van der Waals surface area contributed by atoms with E-state index in [1.165, 1.54) is 0 Å². The molecule has 0 aliphatic heterocycles. The highest BCUT2D eigenvalue weighted by molar-refractivity contribution is 5.92. The smallest absolute Gasteiger partial charge is 0.224 e. The van der Waals surface area contributed by atoms with Gasteiger partial charge in [-0.2, -0.15) is 0 Å². The predicted octanol–water partition coefficient (Wildman–Crippen LogP) is 6.18. The Kier molecular flexibility index (Phi) is 11.7. The van der Waals surface area contributed by atoms with Crippen molar-refractivity contribution in [2.24, 2.45) is 0 Å². The van der Waals surface area contributed by atoms with E-state index in [0.29, 0.717) is 37.6 Å². The van der Waals surface area contributed by atoms with Crippen LogP contribution in [-0.4, -0.2) is 25.0 Å². The van der Waals surface area contributed by atoms with Crippen molar-refractivity contribution in [2.75, 3.05) is 23.8 Å². The van der Waals surface area contributed by atoms with E-state index < -0.39 is 0 Å². The number of hydrogen-bond donors (Lipinski definition) is 2. The lowest BCUT2D eigenvalue weighted by atomic mass is 10.1. The molecule has 0 fully saturated rings. The lowest BCUT2D eigenvalue weighted by molar-refractivity contribution is -0.117. The number of anilines is 2. The zero-order valence-electron chi connectivity index (χ0n) is 19.3. The topological polar surface area (TPSA) is 76.7 Å². The number of unbranched alkanes of at least 4 members (excludes halogenated alkanes) is 5. The molecule has 2 rings (SSSR count). The highest BCUT2D eigenvalue weighted by atomic mass is 16.5. The summed E-state index contributed by atoms with van der Waals surface area (Å²) in [5.74, 6) is 1.44. The molecule has 0 aromatic heterocycles. The van der Waals surface area contributed by atoms with Crippen molar-refractivity contribution in [3.8, 4) is 11.5 Å². The average molecular weight is 441 g/mol. The van der Waals surface area contributed by atoms with Gasteiger partial charge in [0.15, 0.2) is 0 Å². The molecule has 0 saturated carbocycles. The first-order chi connectivity index (χ1) is 15.6. The Balaban J connectivity index is 1.53. The summed E-state index contributed by atoms with van der Waals surface area (Å²) >= 11 is 0. The quantitative estimate of drug-likeness (QED) is 0.324. The molecule has 0 bridgehead atoms. The first-order valence-electron chi connectivity index (χ1n) is 11.7. The number of ether oxygens (including phenoxy) is 2. The van der Waals surface area contributed by atoms with Crippen molar-refractivity contribution in [2.45, 2.75) is 65.2 Å². The highest BCUT2D eigenvalue weighted by Gasteiger charge is 2.08. The third-order valence-electron chi connectivity index (χ3n) is 4.98. The maximum absolute atomic E-state index is 12.2. The van der Waals surface area contributed by atoms with E-state index in [9.17, 15) is 9.59 Å². The van der Waals surface area contributed by atoms with E-state index in [1.54, 1.807) is 0 Å². The summed E-state index contributed by atoms with van der Waals surface area (Å²) in [7, 11) is 0. The zero-order chi connectivity index (χ0) is 23.0. The molecule has 6 nitrogen and oxygen atoms in total. The molecule has 0 saturated heterocycles. The van der Waals surface area contributed by atoms with Gasteiger partial charge in [0.05, 0.1) is 24.6 Å². The van der Waals surface area contributed by atoms with Crippen LogP contribution in [-0.2, 0) is 9.59 Å². The molecular weight excluding hydrogens is 404 g/mol. The molecule has 0 atom stereocenters. The molecule has 174 valence electrons. The molecule has 0 heterocycles. The number of rotatable bonds is 15. The van der Waals surface area contributed by atoms with E-state index in [4.69, 9.17) is 9.47 Å². The Morgan fingerprint density at radius 1 is 0.625 bits per heavy atom. The minimum absolute atomic E-state index is 0.0150. The molecule has 0 unspecified atom stereocenters. The van der Waals surface area contributed by atoms with E-state index in [0.717, 1.165) is 49.9 Å². The van der Waals surface area contributed by atoms with Gasteiger partial charge in [-0.1, -0.05) is 49.9 Å². The summed E-state index contributed by atoms with van der Waals surface area (Å²) in [5.41, 5.74) is 1.45. The van der Waals surface area contributed by atoms with Crippen LogP contribution in [0.15, 0.2) is 48.5 Å². The number of amides is 2. The van der Waals surface area contributed by atoms with Crippen molar-refractivity contribution in [3.63, 3.8) is 0 Å². The number of para-hydroxylation sites is 4. The summed E-state index contributed by atoms with van der Waals surface area (Å²) < 4.78 is 11.1. The fourth-order valence-electron chi connectivity index (χ4n) is 3.41. The fraction of sp³-hybridized carbons (Fsp3) is 0.462. The van der Waals surface area contributed by atoms with Crippen LogP contribution in [0.4, 0.5) is 11.4 Å². The molecule has 6 heteroatoms. The van der Waals surface area contributed by atoms with Crippen LogP contribution in [0.25, 0.3) is 0 Å². The number of benzene rings is 2. The van der Waals surface area contributed by atoms with Gasteiger partial charge in [-0.05, 0) is 51.0 Å². The number of hydrogen-bond acceptors (Lipinski definition) is 4. The number of carbonyl (C=O) groups is 2. The van der Waals surface area contributed by atoms with E-state index >= 15 is 0 Å². The largest absolute Gasteiger partial charge is 0.492 e. The van der Waals surface area contributed by atoms with Crippen LogP contribution in [0.3, 0.4) is 0 Å². The summed E-state index contributed by atoms with van der Waals surface area (Å²) in [5, 5.41) is 5.87. The maximum atomic E-state index is 12.2. The second-order valence-electron chi connectivity index (χ2n) is 7.58. The van der Waals surface area contributed by atoms with Crippen LogP contribution in [0.5, 0.6) is 11.5 Å². The maximum Gasteiger partial charge on any atom is 0.224 e. The third-order valence-corrected chi connectivity index (χ3v) is 4.98. The van der Waals surface area contributed by atoms with Gasteiger partial charge in [-0.15, -0.1) is 0 Å². The van der Waals surface area contributed by atoms with Crippen molar-refractivity contribution >= 4 is 23.2 Å². The van der Waals surface area contributed by atoms with Gasteiger partial charge in [-0.3, -0.25) is 9.59 Å². The van der Waals surface area contributed by atoms with E-state index in [-0.39, 0.29) is 11.8 Å². The normalized spacial score (nSPS) is 10.4. The second-order valence-corrected chi connectivity index (χ2v) is 7.58. The van der Waals surface area contributed by atoms with Crippen LogP contribution in [0.2, 0.25) is 0 Å². The predicted molar refractivity (Wildman–Crippen MR) is 129 cm³/mol. The monoisotopic (exact) mass is 440 g/mol. The summed E-state index contributed by atoms with van der Waals surface area (Å²) in [4.78, 5) is 24.3. The molecule has 32 heavy (non-hydrogen) atoms. The lowest BCUT2D eigenvalue weighted by Gasteiger charge is -2.11. The molecule has 0 aliphatic carbocycles. The molecule has 2 amide bonds. The minimum atomic E-state index is 0.0150. The van der Waals surface area contributed by atoms with Crippen molar-refractivity contribution in [1.82, 2.24) is 0 Å². The fourth-order valence-corrected chi connectivity index (χ4v) is 3.41. The molecule has 0 radical (unpaired) electrons. The lowest BCUT2D eigenvalue weighted by Crippen LogP contribution is -2.12. The molecular formula is C26H36N2O4. The SMILES string of the molecule is CCOc1ccccc1NC(=O)CCCCCCCCC(=O)Nc1ccccc1OCC. The Labute approximate surface area is 191 Å². The van der Waals surface area contributed by atoms with Crippen LogP contribution in [0.1, 0.15) is 65.2 Å². The Hall–Kier alpha value is -3.02. The van der Waals surface area contributed by atoms with Gasteiger partial charge in [0.25, 0.3) is 0 Å². The number of carbonyl (C=O) groups excluding carboxylic acids is 2. The second kappa shape index (κ2) is 14.9. The molecule has 2 N–H and O–H groups in total. The van der Waals surface area contributed by atoms with Gasteiger partial charge >= 0.3 is 0 Å².